The summed E-state index contributed by atoms with van der Waals surface area (Å²) in [7, 11) is 1.55. The normalized spacial score (nSPS) is 13.7. The third-order valence-electron chi connectivity index (χ3n) is 5.13. The molecule has 0 aliphatic rings. The van der Waals surface area contributed by atoms with Crippen molar-refractivity contribution < 1.29 is 19.0 Å². The van der Waals surface area contributed by atoms with E-state index in [2.05, 4.69) is 32.9 Å². The van der Waals surface area contributed by atoms with Crippen molar-refractivity contribution in [3.63, 3.8) is 0 Å². The van der Waals surface area contributed by atoms with Gasteiger partial charge in [0.05, 0.1) is 17.9 Å². The zero-order valence-corrected chi connectivity index (χ0v) is 20.5. The number of hydrogen-bond acceptors (Lipinski definition) is 5. The van der Waals surface area contributed by atoms with Gasteiger partial charge in [0.1, 0.15) is 31.0 Å². The summed E-state index contributed by atoms with van der Waals surface area (Å²) in [6, 6.07) is 12.0. The van der Waals surface area contributed by atoms with Gasteiger partial charge in [-0.05, 0) is 89.8 Å². The lowest BCUT2D eigenvalue weighted by Crippen LogP contribution is -2.19. The van der Waals surface area contributed by atoms with E-state index < -0.39 is 0 Å². The molecule has 0 radical (unpaired) electrons. The lowest BCUT2D eigenvalue weighted by atomic mass is 10.1. The number of rotatable bonds is 12. The first-order valence-electron chi connectivity index (χ1n) is 11.2. The standard InChI is InChI=1S/C27H37NO4/c1-8-9-15-30-26-16-19(2)27(20(3)17-26)32-22(5)14-13-21(4)31-25-12-10-11-24(18-25)23(6)28-29-7/h8-12,16-18,21-22H,13-15H2,1-7H3/b9-8+,28-23?. The number of benzene rings is 2. The van der Waals surface area contributed by atoms with Crippen molar-refractivity contribution in [3.8, 4) is 17.2 Å². The average Bonchev–Trinajstić information content (AvgIpc) is 2.75. The smallest absolute Gasteiger partial charge is 0.125 e. The van der Waals surface area contributed by atoms with E-state index >= 15 is 0 Å². The van der Waals surface area contributed by atoms with Crippen LogP contribution in [-0.4, -0.2) is 31.6 Å². The van der Waals surface area contributed by atoms with Crippen LogP contribution < -0.4 is 14.2 Å². The van der Waals surface area contributed by atoms with Crippen molar-refractivity contribution in [2.45, 2.75) is 66.6 Å². The van der Waals surface area contributed by atoms with Crippen LogP contribution in [0.1, 0.15) is 57.2 Å². The average molecular weight is 440 g/mol. The summed E-state index contributed by atoms with van der Waals surface area (Å²) in [5, 5.41) is 3.99. The summed E-state index contributed by atoms with van der Waals surface area (Å²) in [5.41, 5.74) is 3.97. The Kier molecular flexibility index (Phi) is 10.1. The number of aryl methyl sites for hydroxylation is 2. The fraction of sp³-hybridized carbons (Fsp3) is 0.444. The molecule has 0 bridgehead atoms. The van der Waals surface area contributed by atoms with Crippen LogP contribution in [0.2, 0.25) is 0 Å². The van der Waals surface area contributed by atoms with Crippen LogP contribution >= 0.6 is 0 Å². The maximum atomic E-state index is 6.28. The molecule has 2 unspecified atom stereocenters. The van der Waals surface area contributed by atoms with E-state index in [0.717, 1.165) is 52.5 Å². The third kappa shape index (κ3) is 7.95. The van der Waals surface area contributed by atoms with Gasteiger partial charge in [-0.1, -0.05) is 29.4 Å². The van der Waals surface area contributed by atoms with E-state index in [1.807, 2.05) is 62.4 Å². The van der Waals surface area contributed by atoms with Gasteiger partial charge in [-0.25, -0.2) is 0 Å². The summed E-state index contributed by atoms with van der Waals surface area (Å²) >= 11 is 0. The summed E-state index contributed by atoms with van der Waals surface area (Å²) < 4.78 is 18.2. The number of oxime groups is 1. The largest absolute Gasteiger partial charge is 0.491 e. The molecule has 0 aliphatic heterocycles. The molecule has 0 saturated heterocycles. The van der Waals surface area contributed by atoms with Gasteiger partial charge in [-0.15, -0.1) is 0 Å². The van der Waals surface area contributed by atoms with Gasteiger partial charge in [0.25, 0.3) is 0 Å². The molecular formula is C27H37NO4. The first-order valence-corrected chi connectivity index (χ1v) is 11.2. The Labute approximate surface area is 193 Å². The molecule has 2 rings (SSSR count). The van der Waals surface area contributed by atoms with Gasteiger partial charge in [0, 0.05) is 5.56 Å². The number of ether oxygens (including phenoxy) is 3. The van der Waals surface area contributed by atoms with Crippen molar-refractivity contribution in [1.82, 2.24) is 0 Å². The lowest BCUT2D eigenvalue weighted by Gasteiger charge is -2.21. The Morgan fingerprint density at radius 2 is 1.62 bits per heavy atom. The Hall–Kier alpha value is -2.95. The molecule has 0 N–H and O–H groups in total. The van der Waals surface area contributed by atoms with Crippen molar-refractivity contribution in [1.29, 1.82) is 0 Å². The highest BCUT2D eigenvalue weighted by atomic mass is 16.6. The van der Waals surface area contributed by atoms with Crippen molar-refractivity contribution in [2.24, 2.45) is 5.16 Å². The fourth-order valence-corrected chi connectivity index (χ4v) is 3.43. The topological polar surface area (TPSA) is 49.3 Å². The minimum absolute atomic E-state index is 0.0700. The molecule has 2 atom stereocenters. The van der Waals surface area contributed by atoms with Crippen LogP contribution in [0.15, 0.2) is 53.7 Å². The van der Waals surface area contributed by atoms with Gasteiger partial charge < -0.3 is 19.0 Å². The first-order chi connectivity index (χ1) is 15.3. The highest BCUT2D eigenvalue weighted by Gasteiger charge is 2.14. The van der Waals surface area contributed by atoms with Gasteiger partial charge in [-0.3, -0.25) is 0 Å². The second-order valence-electron chi connectivity index (χ2n) is 8.09. The van der Waals surface area contributed by atoms with Crippen molar-refractivity contribution in [3.05, 3.63) is 65.2 Å². The molecule has 0 aromatic heterocycles. The van der Waals surface area contributed by atoms with Crippen molar-refractivity contribution >= 4 is 5.71 Å². The van der Waals surface area contributed by atoms with E-state index in [9.17, 15) is 0 Å². The number of nitrogens with zero attached hydrogens (tertiary/aromatic N) is 1. The van der Waals surface area contributed by atoms with Gasteiger partial charge in [0.15, 0.2) is 0 Å². The minimum atomic E-state index is 0.0700. The molecule has 5 heteroatoms. The Bertz CT molecular complexity index is 897. The third-order valence-corrected chi connectivity index (χ3v) is 5.13. The minimum Gasteiger partial charge on any atom is -0.491 e. The van der Waals surface area contributed by atoms with Gasteiger partial charge in [-0.2, -0.15) is 0 Å². The highest BCUT2D eigenvalue weighted by Crippen LogP contribution is 2.30. The van der Waals surface area contributed by atoms with Crippen LogP contribution in [0.5, 0.6) is 17.2 Å². The monoisotopic (exact) mass is 439 g/mol. The summed E-state index contributed by atoms with van der Waals surface area (Å²) in [5.74, 6) is 2.63. The van der Waals surface area contributed by atoms with Crippen LogP contribution in [0.4, 0.5) is 0 Å². The SMILES string of the molecule is C/C=C/COc1cc(C)c(OC(C)CCC(C)Oc2cccc(C(C)=NOC)c2)c(C)c1. The quantitative estimate of drug-likeness (QED) is 0.211. The molecule has 2 aromatic carbocycles. The predicted molar refractivity (Wildman–Crippen MR) is 131 cm³/mol. The Morgan fingerprint density at radius 3 is 2.25 bits per heavy atom. The van der Waals surface area contributed by atoms with Crippen LogP contribution in [0.3, 0.4) is 0 Å². The van der Waals surface area contributed by atoms with E-state index in [4.69, 9.17) is 19.0 Å². The summed E-state index contributed by atoms with van der Waals surface area (Å²) in [6.45, 7) is 12.8. The molecule has 32 heavy (non-hydrogen) atoms. The van der Waals surface area contributed by atoms with E-state index in [1.165, 1.54) is 0 Å². The molecule has 0 spiro atoms. The summed E-state index contributed by atoms with van der Waals surface area (Å²) in [6.07, 6.45) is 5.90. The zero-order valence-electron chi connectivity index (χ0n) is 20.5. The van der Waals surface area contributed by atoms with Gasteiger partial charge in [0.2, 0.25) is 0 Å². The number of hydrogen-bond donors (Lipinski definition) is 0. The second-order valence-corrected chi connectivity index (χ2v) is 8.09. The Morgan fingerprint density at radius 1 is 0.969 bits per heavy atom. The zero-order chi connectivity index (χ0) is 23.5. The molecule has 174 valence electrons. The molecule has 0 aliphatic carbocycles. The maximum Gasteiger partial charge on any atom is 0.125 e. The molecule has 5 nitrogen and oxygen atoms in total. The van der Waals surface area contributed by atoms with E-state index in [0.29, 0.717) is 6.61 Å². The Balaban J connectivity index is 1.89. The molecular weight excluding hydrogens is 402 g/mol. The van der Waals surface area contributed by atoms with E-state index in [-0.39, 0.29) is 12.2 Å². The molecule has 0 saturated carbocycles. The van der Waals surface area contributed by atoms with Crippen LogP contribution in [0.25, 0.3) is 0 Å². The molecule has 0 heterocycles. The first kappa shape index (κ1) is 25.3. The lowest BCUT2D eigenvalue weighted by molar-refractivity contribution is 0.159. The molecule has 0 amide bonds. The molecule has 0 fully saturated rings. The summed E-state index contributed by atoms with van der Waals surface area (Å²) in [4.78, 5) is 4.86. The molecule has 2 aromatic rings. The van der Waals surface area contributed by atoms with Crippen LogP contribution in [-0.2, 0) is 4.84 Å². The van der Waals surface area contributed by atoms with E-state index in [1.54, 1.807) is 7.11 Å². The van der Waals surface area contributed by atoms with Gasteiger partial charge >= 0.3 is 0 Å². The number of allylic oxidation sites excluding steroid dienone is 1. The van der Waals surface area contributed by atoms with Crippen LogP contribution in [0, 0.1) is 13.8 Å². The van der Waals surface area contributed by atoms with Crippen molar-refractivity contribution in [2.75, 3.05) is 13.7 Å². The second kappa shape index (κ2) is 12.8. The highest BCUT2D eigenvalue weighted by molar-refractivity contribution is 5.98. The maximum absolute atomic E-state index is 6.28. The fourth-order valence-electron chi connectivity index (χ4n) is 3.43. The predicted octanol–water partition coefficient (Wildman–Crippen LogP) is 6.64.